The van der Waals surface area contributed by atoms with Crippen molar-refractivity contribution in [2.75, 3.05) is 13.2 Å². The van der Waals surface area contributed by atoms with Crippen LogP contribution in [0, 0.1) is 15.9 Å². The van der Waals surface area contributed by atoms with E-state index in [0.717, 1.165) is 31.4 Å². The van der Waals surface area contributed by atoms with Gasteiger partial charge in [-0.05, 0) is 31.4 Å². The average molecular weight is 282 g/mol. The molecule has 0 aliphatic carbocycles. The van der Waals surface area contributed by atoms with Crippen molar-refractivity contribution >= 4 is 11.6 Å². The van der Waals surface area contributed by atoms with E-state index in [0.29, 0.717) is 13.2 Å². The van der Waals surface area contributed by atoms with E-state index in [1.807, 2.05) is 0 Å². The quantitative estimate of drug-likeness (QED) is 0.676. The van der Waals surface area contributed by atoms with Crippen molar-refractivity contribution < 1.29 is 18.8 Å². The topological polar surface area (TPSA) is 81.5 Å². The highest BCUT2D eigenvalue weighted by atomic mass is 19.1. The number of hydrogen-bond donors (Lipinski definition) is 1. The van der Waals surface area contributed by atoms with E-state index in [4.69, 9.17) is 4.74 Å². The summed E-state index contributed by atoms with van der Waals surface area (Å²) in [5.41, 5.74) is -0.582. The average Bonchev–Trinajstić information content (AvgIpc) is 2.45. The highest BCUT2D eigenvalue weighted by Gasteiger charge is 2.18. The molecule has 108 valence electrons. The van der Waals surface area contributed by atoms with Gasteiger partial charge in [0, 0.05) is 24.8 Å². The van der Waals surface area contributed by atoms with E-state index < -0.39 is 22.3 Å². The number of hydrogen-bond acceptors (Lipinski definition) is 4. The number of carbonyl (C=O) groups is 1. The third-order valence-electron chi connectivity index (χ3n) is 3.17. The normalized spacial score (nSPS) is 18.6. The molecule has 2 rings (SSSR count). The molecular weight excluding hydrogens is 267 g/mol. The van der Waals surface area contributed by atoms with Crippen LogP contribution in [-0.4, -0.2) is 30.1 Å². The Balaban J connectivity index is 1.95. The minimum atomic E-state index is -1.02. The molecule has 1 heterocycles. The fraction of sp³-hybridized carbons (Fsp3) is 0.462. The number of nitrogens with one attached hydrogen (secondary N) is 1. The van der Waals surface area contributed by atoms with E-state index in [1.165, 1.54) is 6.07 Å². The van der Waals surface area contributed by atoms with Gasteiger partial charge in [-0.2, -0.15) is 4.39 Å². The van der Waals surface area contributed by atoms with Gasteiger partial charge in [0.25, 0.3) is 5.91 Å². The Morgan fingerprint density at radius 1 is 1.50 bits per heavy atom. The molecule has 1 atom stereocenters. The number of ether oxygens (including phenoxy) is 1. The van der Waals surface area contributed by atoms with Crippen LogP contribution in [0.1, 0.15) is 29.6 Å². The summed E-state index contributed by atoms with van der Waals surface area (Å²) in [6.07, 6.45) is 2.95. The molecule has 1 aliphatic rings. The Kier molecular flexibility index (Phi) is 4.62. The van der Waals surface area contributed by atoms with Gasteiger partial charge in [-0.1, -0.05) is 0 Å². The molecule has 1 aromatic rings. The van der Waals surface area contributed by atoms with E-state index in [9.17, 15) is 19.3 Å². The van der Waals surface area contributed by atoms with Crippen LogP contribution in [0.3, 0.4) is 0 Å². The van der Waals surface area contributed by atoms with Gasteiger partial charge < -0.3 is 10.1 Å². The second-order valence-corrected chi connectivity index (χ2v) is 4.62. The van der Waals surface area contributed by atoms with Crippen molar-refractivity contribution in [1.82, 2.24) is 5.32 Å². The molecular formula is C13H15FN2O4. The van der Waals surface area contributed by atoms with E-state index in [2.05, 4.69) is 5.32 Å². The van der Waals surface area contributed by atoms with Crippen molar-refractivity contribution in [3.8, 4) is 0 Å². The van der Waals surface area contributed by atoms with Gasteiger partial charge in [0.15, 0.2) is 0 Å². The van der Waals surface area contributed by atoms with Gasteiger partial charge in [0.2, 0.25) is 5.82 Å². The lowest BCUT2D eigenvalue weighted by atomic mass is 10.1. The number of nitrogens with zero attached hydrogens (tertiary/aromatic N) is 1. The number of nitro groups is 1. The summed E-state index contributed by atoms with van der Waals surface area (Å²) in [6.45, 7) is 1.05. The number of amides is 1. The Labute approximate surface area is 115 Å². The van der Waals surface area contributed by atoms with Crippen molar-refractivity contribution in [1.29, 1.82) is 0 Å². The highest BCUT2D eigenvalue weighted by Crippen LogP contribution is 2.18. The van der Waals surface area contributed by atoms with Crippen molar-refractivity contribution in [2.24, 2.45) is 0 Å². The van der Waals surface area contributed by atoms with Crippen LogP contribution in [0.2, 0.25) is 0 Å². The molecule has 1 unspecified atom stereocenters. The Bertz CT molecular complexity index is 515. The predicted molar refractivity (Wildman–Crippen MR) is 69.0 cm³/mol. The molecule has 0 bridgehead atoms. The lowest BCUT2D eigenvalue weighted by Gasteiger charge is -2.22. The van der Waals surface area contributed by atoms with Crippen molar-refractivity contribution in [3.05, 3.63) is 39.7 Å². The van der Waals surface area contributed by atoms with Crippen LogP contribution in [-0.2, 0) is 4.74 Å². The fourth-order valence-electron chi connectivity index (χ4n) is 2.07. The van der Waals surface area contributed by atoms with Gasteiger partial charge in [0.05, 0.1) is 11.0 Å². The first kappa shape index (κ1) is 14.4. The number of nitro benzene ring substituents is 1. The molecule has 0 aromatic heterocycles. The monoisotopic (exact) mass is 282 g/mol. The summed E-state index contributed by atoms with van der Waals surface area (Å²) in [5.74, 6) is -1.48. The molecule has 1 N–H and O–H groups in total. The molecule has 7 heteroatoms. The van der Waals surface area contributed by atoms with Crippen molar-refractivity contribution in [3.63, 3.8) is 0 Å². The van der Waals surface area contributed by atoms with Gasteiger partial charge in [-0.15, -0.1) is 0 Å². The summed E-state index contributed by atoms with van der Waals surface area (Å²) in [7, 11) is 0. The first-order valence-corrected chi connectivity index (χ1v) is 6.41. The number of benzene rings is 1. The van der Waals surface area contributed by atoms with Crippen LogP contribution in [0.5, 0.6) is 0 Å². The minimum Gasteiger partial charge on any atom is -0.376 e. The van der Waals surface area contributed by atoms with E-state index >= 15 is 0 Å². The molecule has 1 aromatic carbocycles. The maximum atomic E-state index is 13.4. The summed E-state index contributed by atoms with van der Waals surface area (Å²) >= 11 is 0. The molecule has 1 saturated heterocycles. The summed E-state index contributed by atoms with van der Waals surface area (Å²) < 4.78 is 18.9. The standard InChI is InChI=1S/C13H15FN2O4/c14-11-7-9(4-5-12(11)16(18)19)13(17)15-8-10-3-1-2-6-20-10/h4-5,7,10H,1-3,6,8H2,(H,15,17). The summed E-state index contributed by atoms with van der Waals surface area (Å²) in [6, 6.07) is 3.09. The molecule has 0 spiro atoms. The second kappa shape index (κ2) is 6.42. The molecule has 0 radical (unpaired) electrons. The Morgan fingerprint density at radius 3 is 2.90 bits per heavy atom. The first-order valence-electron chi connectivity index (χ1n) is 6.41. The highest BCUT2D eigenvalue weighted by molar-refractivity contribution is 5.94. The first-order chi connectivity index (χ1) is 9.58. The van der Waals surface area contributed by atoms with Crippen LogP contribution in [0.4, 0.5) is 10.1 Å². The number of halogens is 1. The van der Waals surface area contributed by atoms with Gasteiger partial charge >= 0.3 is 5.69 Å². The minimum absolute atomic E-state index is 0.0180. The van der Waals surface area contributed by atoms with E-state index in [-0.39, 0.29) is 11.7 Å². The zero-order valence-corrected chi connectivity index (χ0v) is 10.8. The van der Waals surface area contributed by atoms with Crippen LogP contribution in [0.25, 0.3) is 0 Å². The second-order valence-electron chi connectivity index (χ2n) is 4.62. The van der Waals surface area contributed by atoms with Crippen molar-refractivity contribution in [2.45, 2.75) is 25.4 Å². The SMILES string of the molecule is O=C(NCC1CCCCO1)c1ccc([N+](=O)[O-])c(F)c1. The van der Waals surface area contributed by atoms with Gasteiger partial charge in [-0.3, -0.25) is 14.9 Å². The fourth-order valence-corrected chi connectivity index (χ4v) is 2.07. The lowest BCUT2D eigenvalue weighted by Crippen LogP contribution is -2.35. The predicted octanol–water partition coefficient (Wildman–Crippen LogP) is 2.03. The maximum absolute atomic E-state index is 13.4. The molecule has 1 amide bonds. The molecule has 20 heavy (non-hydrogen) atoms. The Hall–Kier alpha value is -2.02. The molecule has 1 fully saturated rings. The summed E-state index contributed by atoms with van der Waals surface area (Å²) in [4.78, 5) is 21.5. The number of carbonyl (C=O) groups excluding carboxylic acids is 1. The number of rotatable bonds is 4. The molecule has 0 saturated carbocycles. The maximum Gasteiger partial charge on any atom is 0.304 e. The third kappa shape index (κ3) is 3.51. The Morgan fingerprint density at radius 2 is 2.30 bits per heavy atom. The molecule has 1 aliphatic heterocycles. The molecule has 6 nitrogen and oxygen atoms in total. The third-order valence-corrected chi connectivity index (χ3v) is 3.17. The zero-order chi connectivity index (χ0) is 14.5. The van der Waals surface area contributed by atoms with Gasteiger partial charge in [-0.25, -0.2) is 0 Å². The van der Waals surface area contributed by atoms with E-state index in [1.54, 1.807) is 0 Å². The lowest BCUT2D eigenvalue weighted by molar-refractivity contribution is -0.387. The smallest absolute Gasteiger partial charge is 0.304 e. The van der Waals surface area contributed by atoms with Crippen LogP contribution in [0.15, 0.2) is 18.2 Å². The largest absolute Gasteiger partial charge is 0.376 e. The van der Waals surface area contributed by atoms with Gasteiger partial charge in [0.1, 0.15) is 0 Å². The van der Waals surface area contributed by atoms with Crippen LogP contribution >= 0.6 is 0 Å². The summed E-state index contributed by atoms with van der Waals surface area (Å²) in [5, 5.41) is 13.1. The van der Waals surface area contributed by atoms with Crippen LogP contribution < -0.4 is 5.32 Å². The zero-order valence-electron chi connectivity index (χ0n) is 10.8.